The van der Waals surface area contributed by atoms with Crippen LogP contribution < -0.4 is 5.32 Å². The molecule has 1 amide bonds. The van der Waals surface area contributed by atoms with Crippen molar-refractivity contribution in [3.8, 4) is 11.4 Å². The van der Waals surface area contributed by atoms with Crippen molar-refractivity contribution in [3.63, 3.8) is 0 Å². The zero-order valence-corrected chi connectivity index (χ0v) is 18.2. The van der Waals surface area contributed by atoms with Crippen molar-refractivity contribution in [1.82, 2.24) is 15.0 Å². The van der Waals surface area contributed by atoms with Crippen LogP contribution >= 0.6 is 0 Å². The Morgan fingerprint density at radius 1 is 0.969 bits per heavy atom. The van der Waals surface area contributed by atoms with Crippen molar-refractivity contribution in [3.05, 3.63) is 102 Å². The number of nitrogens with one attached hydrogen (secondary N) is 1. The van der Waals surface area contributed by atoms with E-state index in [1.54, 1.807) is 0 Å². The normalized spacial score (nSPS) is 12.0. The van der Waals surface area contributed by atoms with Crippen LogP contribution in [0.3, 0.4) is 0 Å². The number of carbonyl (C=O) groups is 1. The predicted octanol–water partition coefficient (Wildman–Crippen LogP) is 5.46. The van der Waals surface area contributed by atoms with Gasteiger partial charge in [0.1, 0.15) is 0 Å². The van der Waals surface area contributed by atoms with Crippen LogP contribution in [-0.4, -0.2) is 20.9 Å². The number of nitrogens with zero attached hydrogens (tertiary/aromatic N) is 3. The molecule has 0 aliphatic heterocycles. The van der Waals surface area contributed by atoms with Gasteiger partial charge in [0.15, 0.2) is 0 Å². The van der Waals surface area contributed by atoms with Gasteiger partial charge in [-0.3, -0.25) is 9.69 Å². The van der Waals surface area contributed by atoms with Crippen LogP contribution in [0.5, 0.6) is 0 Å². The summed E-state index contributed by atoms with van der Waals surface area (Å²) in [4.78, 5) is 18.4. The molecule has 6 heteroatoms. The maximum atomic E-state index is 11.5. The summed E-state index contributed by atoms with van der Waals surface area (Å²) >= 11 is 0. The second-order valence-electron chi connectivity index (χ2n) is 7.75. The molecule has 4 rings (SSSR count). The first-order valence-electron chi connectivity index (χ1n) is 10.6. The highest BCUT2D eigenvalue weighted by Crippen LogP contribution is 2.27. The summed E-state index contributed by atoms with van der Waals surface area (Å²) in [5.74, 6) is 1.06. The lowest BCUT2D eigenvalue weighted by Gasteiger charge is -2.28. The second-order valence-corrected chi connectivity index (χ2v) is 7.75. The minimum Gasteiger partial charge on any atom is -0.338 e. The Bertz CT molecular complexity index is 1160. The maximum Gasteiger partial charge on any atom is 0.241 e. The molecule has 0 saturated carbocycles. The van der Waals surface area contributed by atoms with Gasteiger partial charge in [-0.1, -0.05) is 78.0 Å². The molecular formula is C26H26N4O2. The fourth-order valence-corrected chi connectivity index (χ4v) is 3.64. The molecule has 0 aliphatic carbocycles. The molecule has 0 saturated heterocycles. The first-order chi connectivity index (χ1) is 15.6. The topological polar surface area (TPSA) is 71.3 Å². The number of hydrogen-bond donors (Lipinski definition) is 1. The van der Waals surface area contributed by atoms with E-state index in [-0.39, 0.29) is 11.9 Å². The molecule has 1 unspecified atom stereocenters. The van der Waals surface area contributed by atoms with E-state index in [1.807, 2.05) is 66.7 Å². The first-order valence-corrected chi connectivity index (χ1v) is 10.6. The summed E-state index contributed by atoms with van der Waals surface area (Å²) in [6.45, 7) is 4.87. The molecular weight excluding hydrogens is 400 g/mol. The van der Waals surface area contributed by atoms with Gasteiger partial charge < -0.3 is 9.84 Å². The van der Waals surface area contributed by atoms with E-state index >= 15 is 0 Å². The molecule has 0 spiro atoms. The highest BCUT2D eigenvalue weighted by Gasteiger charge is 2.20. The van der Waals surface area contributed by atoms with Crippen LogP contribution in [0.15, 0.2) is 89.5 Å². The van der Waals surface area contributed by atoms with E-state index in [0.717, 1.165) is 23.4 Å². The summed E-state index contributed by atoms with van der Waals surface area (Å²) in [7, 11) is 0. The Morgan fingerprint density at radius 3 is 2.41 bits per heavy atom. The van der Waals surface area contributed by atoms with Crippen LogP contribution in [-0.2, 0) is 17.9 Å². The lowest BCUT2D eigenvalue weighted by atomic mass is 10.0. The van der Waals surface area contributed by atoms with Crippen molar-refractivity contribution in [2.75, 3.05) is 5.32 Å². The van der Waals surface area contributed by atoms with Crippen molar-refractivity contribution in [2.24, 2.45) is 0 Å². The Hall–Kier alpha value is -3.77. The average molecular weight is 427 g/mol. The Kier molecular flexibility index (Phi) is 6.72. The zero-order valence-electron chi connectivity index (χ0n) is 18.2. The second kappa shape index (κ2) is 10.0. The largest absolute Gasteiger partial charge is 0.338 e. The van der Waals surface area contributed by atoms with Gasteiger partial charge in [-0.2, -0.15) is 4.98 Å². The number of aromatic nitrogens is 2. The third kappa shape index (κ3) is 5.47. The van der Waals surface area contributed by atoms with E-state index in [1.165, 1.54) is 12.5 Å². The molecule has 3 aromatic carbocycles. The Balaban J connectivity index is 1.59. The van der Waals surface area contributed by atoms with E-state index in [2.05, 4.69) is 45.5 Å². The molecule has 0 bridgehead atoms. The lowest BCUT2D eigenvalue weighted by molar-refractivity contribution is -0.114. The van der Waals surface area contributed by atoms with Crippen LogP contribution in [0.2, 0.25) is 0 Å². The van der Waals surface area contributed by atoms with Gasteiger partial charge in [-0.05, 0) is 30.2 Å². The molecule has 32 heavy (non-hydrogen) atoms. The molecule has 0 aliphatic rings. The molecule has 162 valence electrons. The molecule has 0 radical (unpaired) electrons. The minimum atomic E-state index is -0.0877. The molecule has 1 aromatic heterocycles. The number of benzene rings is 3. The van der Waals surface area contributed by atoms with E-state index < -0.39 is 0 Å². The van der Waals surface area contributed by atoms with Crippen molar-refractivity contribution in [2.45, 2.75) is 33.0 Å². The predicted molar refractivity (Wildman–Crippen MR) is 125 cm³/mol. The van der Waals surface area contributed by atoms with Crippen molar-refractivity contribution >= 4 is 11.6 Å². The highest BCUT2D eigenvalue weighted by atomic mass is 16.5. The van der Waals surface area contributed by atoms with Crippen LogP contribution in [0, 0.1) is 0 Å². The maximum absolute atomic E-state index is 11.5. The third-order valence-electron chi connectivity index (χ3n) is 5.30. The van der Waals surface area contributed by atoms with E-state index in [4.69, 9.17) is 4.52 Å². The van der Waals surface area contributed by atoms with Crippen LogP contribution in [0.25, 0.3) is 11.4 Å². The SMILES string of the molecule is CC(=O)Nc1cccc(C(C)N(Cc2ccccc2)Cc2nc(-c3ccccc3)no2)c1. The number of anilines is 1. The summed E-state index contributed by atoms with van der Waals surface area (Å²) in [6.07, 6.45) is 0. The summed E-state index contributed by atoms with van der Waals surface area (Å²) < 4.78 is 5.59. The van der Waals surface area contributed by atoms with Gasteiger partial charge in [0.05, 0.1) is 6.54 Å². The van der Waals surface area contributed by atoms with Crippen molar-refractivity contribution in [1.29, 1.82) is 0 Å². The minimum absolute atomic E-state index is 0.0518. The molecule has 1 heterocycles. The number of carbonyl (C=O) groups excluding carboxylic acids is 1. The molecule has 1 atom stereocenters. The van der Waals surface area contributed by atoms with Crippen LogP contribution in [0.4, 0.5) is 5.69 Å². The average Bonchev–Trinajstić information content (AvgIpc) is 3.28. The lowest BCUT2D eigenvalue weighted by Crippen LogP contribution is -2.26. The van der Waals surface area contributed by atoms with Gasteiger partial charge in [0.2, 0.25) is 17.6 Å². The fraction of sp³-hybridized carbons (Fsp3) is 0.192. The smallest absolute Gasteiger partial charge is 0.241 e. The Morgan fingerprint density at radius 2 is 1.69 bits per heavy atom. The van der Waals surface area contributed by atoms with Gasteiger partial charge in [0, 0.05) is 30.8 Å². The number of rotatable bonds is 8. The molecule has 6 nitrogen and oxygen atoms in total. The summed E-state index contributed by atoms with van der Waals surface area (Å²) in [5, 5.41) is 7.03. The van der Waals surface area contributed by atoms with Gasteiger partial charge in [-0.25, -0.2) is 0 Å². The monoisotopic (exact) mass is 426 g/mol. The number of hydrogen-bond acceptors (Lipinski definition) is 5. The third-order valence-corrected chi connectivity index (χ3v) is 5.30. The molecule has 1 N–H and O–H groups in total. The fourth-order valence-electron chi connectivity index (χ4n) is 3.64. The zero-order chi connectivity index (χ0) is 22.3. The molecule has 4 aromatic rings. The number of amides is 1. The Labute approximate surface area is 187 Å². The van der Waals surface area contributed by atoms with Gasteiger partial charge in [0.25, 0.3) is 0 Å². The van der Waals surface area contributed by atoms with Gasteiger partial charge >= 0.3 is 0 Å². The summed E-state index contributed by atoms with van der Waals surface area (Å²) in [5.41, 5.74) is 3.99. The van der Waals surface area contributed by atoms with Gasteiger partial charge in [-0.15, -0.1) is 0 Å². The van der Waals surface area contributed by atoms with Crippen LogP contribution in [0.1, 0.15) is 36.9 Å². The quantitative estimate of drug-likeness (QED) is 0.405. The standard InChI is InChI=1S/C26H26N4O2/c1-19(23-14-9-15-24(16-23)27-20(2)31)30(17-21-10-5-3-6-11-21)18-25-28-26(29-32-25)22-12-7-4-8-13-22/h3-16,19H,17-18H2,1-2H3,(H,27,31). The highest BCUT2D eigenvalue weighted by molar-refractivity contribution is 5.88. The van der Waals surface area contributed by atoms with E-state index in [9.17, 15) is 4.79 Å². The van der Waals surface area contributed by atoms with Crippen molar-refractivity contribution < 1.29 is 9.32 Å². The van der Waals surface area contributed by atoms with E-state index in [0.29, 0.717) is 18.3 Å². The first kappa shape index (κ1) is 21.5. The molecule has 0 fully saturated rings. The summed E-state index contributed by atoms with van der Waals surface area (Å²) in [6, 6.07) is 28.1.